The van der Waals surface area contributed by atoms with E-state index in [1.54, 1.807) is 24.4 Å². The molecule has 3 heterocycles. The van der Waals surface area contributed by atoms with Gasteiger partial charge in [0.05, 0.1) is 34.7 Å². The van der Waals surface area contributed by atoms with E-state index in [2.05, 4.69) is 35.3 Å². The summed E-state index contributed by atoms with van der Waals surface area (Å²) in [5.74, 6) is 0.431. The lowest BCUT2D eigenvalue weighted by Gasteiger charge is -2.32. The van der Waals surface area contributed by atoms with Gasteiger partial charge in [-0.05, 0) is 50.8 Å². The fourth-order valence-corrected chi connectivity index (χ4v) is 3.65. The smallest absolute Gasteiger partial charge is 0.250 e. The second-order valence-electron chi connectivity index (χ2n) is 6.73. The van der Waals surface area contributed by atoms with E-state index in [0.29, 0.717) is 28.0 Å². The summed E-state index contributed by atoms with van der Waals surface area (Å²) in [6.45, 7) is 4.92. The van der Waals surface area contributed by atoms with Gasteiger partial charge in [0, 0.05) is 18.3 Å². The summed E-state index contributed by atoms with van der Waals surface area (Å²) in [6, 6.07) is 4.98. The van der Waals surface area contributed by atoms with Gasteiger partial charge in [0.2, 0.25) is 0 Å². The highest BCUT2D eigenvalue weighted by Crippen LogP contribution is 2.30. The number of nitrogens with zero attached hydrogens (tertiary/aromatic N) is 2. The topological polar surface area (TPSA) is 90.1 Å². The second-order valence-corrected chi connectivity index (χ2v) is 7.14. The number of carbonyl (C=O) groups is 1. The van der Waals surface area contributed by atoms with Crippen molar-refractivity contribution in [2.24, 2.45) is 11.7 Å². The Bertz CT molecular complexity index is 775. The zero-order chi connectivity index (χ0) is 18.7. The van der Waals surface area contributed by atoms with Crippen molar-refractivity contribution in [3.63, 3.8) is 0 Å². The van der Waals surface area contributed by atoms with E-state index in [1.165, 1.54) is 0 Å². The van der Waals surface area contributed by atoms with Crippen molar-refractivity contribution in [3.8, 4) is 11.3 Å². The lowest BCUT2D eigenvalue weighted by Crippen LogP contribution is -2.32. The number of amides is 1. The number of nitrogens with one attached hydrogen (secondary N) is 1. The average molecular weight is 374 g/mol. The predicted octanol–water partition coefficient (Wildman–Crippen LogP) is 3.31. The maximum atomic E-state index is 11.8. The minimum absolute atomic E-state index is 0.245. The highest BCUT2D eigenvalue weighted by Gasteiger charge is 2.25. The van der Waals surface area contributed by atoms with Gasteiger partial charge in [0.25, 0.3) is 5.91 Å². The van der Waals surface area contributed by atoms with Crippen molar-refractivity contribution in [2.75, 3.05) is 11.9 Å². The van der Waals surface area contributed by atoms with Crippen LogP contribution >= 0.6 is 11.6 Å². The monoisotopic (exact) mass is 373 g/mol. The van der Waals surface area contributed by atoms with Crippen LogP contribution in [-0.4, -0.2) is 34.6 Å². The molecule has 1 amide bonds. The maximum Gasteiger partial charge on any atom is 0.250 e. The summed E-state index contributed by atoms with van der Waals surface area (Å²) in [7, 11) is 0. The Morgan fingerprint density at radius 2 is 2.15 bits per heavy atom. The predicted molar refractivity (Wildman–Crippen MR) is 101 cm³/mol. The molecule has 2 aromatic rings. The number of rotatable bonds is 5. The van der Waals surface area contributed by atoms with Crippen LogP contribution < -0.4 is 11.1 Å². The molecule has 26 heavy (non-hydrogen) atoms. The van der Waals surface area contributed by atoms with E-state index < -0.39 is 5.91 Å². The van der Waals surface area contributed by atoms with E-state index >= 15 is 0 Å². The molecule has 2 aromatic heterocycles. The van der Waals surface area contributed by atoms with Crippen LogP contribution in [0.5, 0.6) is 0 Å². The molecular weight excluding hydrogens is 352 g/mol. The van der Waals surface area contributed by atoms with Gasteiger partial charge in [-0.3, -0.25) is 9.78 Å². The quantitative estimate of drug-likeness (QED) is 0.839. The highest BCUT2D eigenvalue weighted by atomic mass is 35.5. The third-order valence-electron chi connectivity index (χ3n) is 4.49. The molecule has 3 rings (SSSR count). The van der Waals surface area contributed by atoms with Crippen LogP contribution in [-0.2, 0) is 4.74 Å². The van der Waals surface area contributed by atoms with Crippen molar-refractivity contribution in [3.05, 3.63) is 41.2 Å². The van der Waals surface area contributed by atoms with Crippen LogP contribution in [0.2, 0.25) is 5.02 Å². The number of hydrogen-bond acceptors (Lipinski definition) is 5. The van der Waals surface area contributed by atoms with E-state index in [4.69, 9.17) is 22.1 Å². The normalized spacial score (nSPS) is 22.8. The molecule has 1 fully saturated rings. The Balaban J connectivity index is 1.84. The molecule has 1 saturated heterocycles. The van der Waals surface area contributed by atoms with Gasteiger partial charge in [-0.25, -0.2) is 4.98 Å². The molecule has 137 valence electrons. The summed E-state index contributed by atoms with van der Waals surface area (Å²) >= 11 is 6.33. The van der Waals surface area contributed by atoms with Crippen LogP contribution in [0.15, 0.2) is 24.4 Å². The molecule has 1 unspecified atom stereocenters. The zero-order valence-corrected chi connectivity index (χ0v) is 15.6. The minimum atomic E-state index is -0.579. The van der Waals surface area contributed by atoms with Crippen LogP contribution in [0.4, 0.5) is 5.82 Å². The summed E-state index contributed by atoms with van der Waals surface area (Å²) in [4.78, 5) is 20.2. The molecule has 1 radical (unpaired) electrons. The number of halogens is 1. The Kier molecular flexibility index (Phi) is 5.74. The maximum absolute atomic E-state index is 11.8. The molecule has 0 saturated carbocycles. The van der Waals surface area contributed by atoms with Crippen molar-refractivity contribution in [2.45, 2.75) is 38.9 Å². The molecule has 1 aliphatic heterocycles. The number of pyridine rings is 2. The first-order valence-corrected chi connectivity index (χ1v) is 9.04. The first-order chi connectivity index (χ1) is 12.4. The number of hydrogen-bond donors (Lipinski definition) is 2. The minimum Gasteiger partial charge on any atom is -0.376 e. The SMILES string of the molecule is C[C@@H]1CC(CNc2nc(-c3c[c]ncc3)c(C(N)=O)cc2Cl)C[C@H](C)O1. The van der Waals surface area contributed by atoms with Crippen LogP contribution in [0.3, 0.4) is 0 Å². The Morgan fingerprint density at radius 1 is 1.42 bits per heavy atom. The number of primary amides is 1. The first-order valence-electron chi connectivity index (χ1n) is 8.66. The summed E-state index contributed by atoms with van der Waals surface area (Å²) in [5, 5.41) is 3.69. The fourth-order valence-electron chi connectivity index (χ4n) is 3.43. The molecule has 3 N–H and O–H groups in total. The third kappa shape index (κ3) is 4.31. The van der Waals surface area contributed by atoms with Crippen molar-refractivity contribution in [1.82, 2.24) is 9.97 Å². The molecule has 0 aliphatic carbocycles. The van der Waals surface area contributed by atoms with Gasteiger partial charge in [-0.1, -0.05) is 11.6 Å². The molecule has 6 nitrogen and oxygen atoms in total. The Morgan fingerprint density at radius 3 is 2.77 bits per heavy atom. The van der Waals surface area contributed by atoms with Gasteiger partial charge >= 0.3 is 0 Å². The number of ether oxygens (including phenoxy) is 1. The lowest BCUT2D eigenvalue weighted by molar-refractivity contribution is -0.0495. The van der Waals surface area contributed by atoms with Gasteiger partial charge < -0.3 is 15.8 Å². The summed E-state index contributed by atoms with van der Waals surface area (Å²) in [5.41, 5.74) is 6.95. The van der Waals surface area contributed by atoms with Crippen LogP contribution in [0.25, 0.3) is 11.3 Å². The third-order valence-corrected chi connectivity index (χ3v) is 4.78. The van der Waals surface area contributed by atoms with Crippen molar-refractivity contribution in [1.29, 1.82) is 0 Å². The molecule has 0 bridgehead atoms. The van der Waals surface area contributed by atoms with E-state index in [0.717, 1.165) is 19.4 Å². The second kappa shape index (κ2) is 8.01. The van der Waals surface area contributed by atoms with Crippen molar-refractivity contribution >= 4 is 23.3 Å². The van der Waals surface area contributed by atoms with Gasteiger partial charge in [0.15, 0.2) is 0 Å². The van der Waals surface area contributed by atoms with Gasteiger partial charge in [-0.2, -0.15) is 0 Å². The fraction of sp³-hybridized carbons (Fsp3) is 0.421. The van der Waals surface area contributed by atoms with Crippen LogP contribution in [0.1, 0.15) is 37.0 Å². The Labute approximate surface area is 158 Å². The molecule has 0 spiro atoms. The van der Waals surface area contributed by atoms with Crippen molar-refractivity contribution < 1.29 is 9.53 Å². The van der Waals surface area contributed by atoms with E-state index in [9.17, 15) is 4.79 Å². The molecular formula is C19H22ClN4O2. The Hall–Kier alpha value is -2.18. The zero-order valence-electron chi connectivity index (χ0n) is 14.8. The molecule has 0 aromatic carbocycles. The molecule has 3 atom stereocenters. The number of nitrogens with two attached hydrogens (primary N) is 1. The largest absolute Gasteiger partial charge is 0.376 e. The standard InChI is InChI=1S/C19H22ClN4O2/c1-11-7-13(8-12(2)26-11)10-23-19-16(20)9-15(18(21)25)17(24-19)14-3-5-22-6-4-14/h3-5,9,11-13H,7-8,10H2,1-2H3,(H2,21,25)(H,23,24)/t11-,12+,13?. The molecule has 7 heteroatoms. The summed E-state index contributed by atoms with van der Waals surface area (Å²) < 4.78 is 5.78. The van der Waals surface area contributed by atoms with Gasteiger partial charge in [-0.15, -0.1) is 0 Å². The van der Waals surface area contributed by atoms with E-state index in [-0.39, 0.29) is 17.8 Å². The number of anilines is 1. The van der Waals surface area contributed by atoms with E-state index in [1.807, 2.05) is 0 Å². The highest BCUT2D eigenvalue weighted by molar-refractivity contribution is 6.33. The molecule has 1 aliphatic rings. The number of carbonyl (C=O) groups excluding carboxylic acids is 1. The lowest BCUT2D eigenvalue weighted by atomic mass is 9.92. The average Bonchev–Trinajstić information content (AvgIpc) is 2.60. The first kappa shape index (κ1) is 18.6. The van der Waals surface area contributed by atoms with Crippen LogP contribution in [0, 0.1) is 12.1 Å². The van der Waals surface area contributed by atoms with Gasteiger partial charge in [0.1, 0.15) is 5.82 Å². The number of aromatic nitrogens is 2. The summed E-state index contributed by atoms with van der Waals surface area (Å²) in [6.07, 6.45) is 6.80.